The van der Waals surface area contributed by atoms with E-state index in [-0.39, 0.29) is 18.7 Å². The highest BCUT2D eigenvalue weighted by molar-refractivity contribution is 5.91. The van der Waals surface area contributed by atoms with Gasteiger partial charge in [-0.25, -0.2) is 9.78 Å². The number of aliphatic hydroxyl groups excluding tert-OH is 1. The van der Waals surface area contributed by atoms with Crippen LogP contribution in [-0.4, -0.2) is 28.8 Å². The van der Waals surface area contributed by atoms with Crippen LogP contribution in [-0.2, 0) is 6.42 Å². The second-order valence-electron chi connectivity index (χ2n) is 5.58. The van der Waals surface area contributed by atoms with Crippen LogP contribution < -0.4 is 10.6 Å². The van der Waals surface area contributed by atoms with Crippen molar-refractivity contribution in [1.29, 1.82) is 0 Å². The molecule has 0 radical (unpaired) electrons. The van der Waals surface area contributed by atoms with Gasteiger partial charge >= 0.3 is 6.03 Å². The van der Waals surface area contributed by atoms with E-state index in [1.165, 1.54) is 0 Å². The number of carbonyl (C=O) groups is 1. The Morgan fingerprint density at radius 1 is 1.25 bits per heavy atom. The average Bonchev–Trinajstić information content (AvgIpc) is 2.94. The summed E-state index contributed by atoms with van der Waals surface area (Å²) in [6.45, 7) is 1.64. The fourth-order valence-electron chi connectivity index (χ4n) is 2.53. The maximum atomic E-state index is 12.1. The van der Waals surface area contributed by atoms with Crippen molar-refractivity contribution in [3.8, 4) is 0 Å². The van der Waals surface area contributed by atoms with E-state index >= 15 is 0 Å². The van der Waals surface area contributed by atoms with Crippen LogP contribution in [0.5, 0.6) is 0 Å². The Labute approximate surface area is 139 Å². The maximum absolute atomic E-state index is 12.1. The van der Waals surface area contributed by atoms with Crippen molar-refractivity contribution in [2.45, 2.75) is 19.4 Å². The number of hydrogen-bond donors (Lipinski definition) is 3. The summed E-state index contributed by atoms with van der Waals surface area (Å²) in [5.74, 6) is 0.579. The van der Waals surface area contributed by atoms with Gasteiger partial charge in [0.2, 0.25) is 0 Å². The first-order chi connectivity index (χ1) is 11.6. The van der Waals surface area contributed by atoms with Gasteiger partial charge in [-0.3, -0.25) is 0 Å². The molecule has 3 rings (SSSR count). The molecule has 124 valence electrons. The van der Waals surface area contributed by atoms with Crippen LogP contribution in [0.25, 0.3) is 11.1 Å². The zero-order valence-electron chi connectivity index (χ0n) is 13.3. The summed E-state index contributed by atoms with van der Waals surface area (Å²) in [6, 6.07) is 14.2. The number of aliphatic hydroxyl groups is 1. The zero-order chi connectivity index (χ0) is 16.9. The number of urea groups is 1. The largest absolute Gasteiger partial charge is 0.441 e. The van der Waals surface area contributed by atoms with Gasteiger partial charge in [-0.15, -0.1) is 0 Å². The molecule has 0 saturated heterocycles. The van der Waals surface area contributed by atoms with E-state index in [1.54, 1.807) is 25.1 Å². The van der Waals surface area contributed by atoms with Gasteiger partial charge in [-0.05, 0) is 24.1 Å². The average molecular weight is 325 g/mol. The Morgan fingerprint density at radius 2 is 2.04 bits per heavy atom. The lowest BCUT2D eigenvalue weighted by atomic mass is 10.1. The first kappa shape index (κ1) is 16.0. The lowest BCUT2D eigenvalue weighted by molar-refractivity contribution is 0.224. The Kier molecular flexibility index (Phi) is 4.77. The van der Waals surface area contributed by atoms with Crippen molar-refractivity contribution in [3.05, 3.63) is 60.0 Å². The summed E-state index contributed by atoms with van der Waals surface area (Å²) >= 11 is 0. The first-order valence-corrected chi connectivity index (χ1v) is 7.73. The van der Waals surface area contributed by atoms with Crippen molar-refractivity contribution in [3.63, 3.8) is 0 Å². The number of amides is 2. The molecular weight excluding hydrogens is 306 g/mol. The smallest absolute Gasteiger partial charge is 0.319 e. The molecule has 2 aromatic carbocycles. The summed E-state index contributed by atoms with van der Waals surface area (Å²) in [4.78, 5) is 16.3. The normalized spacial score (nSPS) is 12.1. The van der Waals surface area contributed by atoms with Crippen LogP contribution in [0, 0.1) is 6.92 Å². The van der Waals surface area contributed by atoms with E-state index in [9.17, 15) is 9.90 Å². The van der Waals surface area contributed by atoms with Gasteiger partial charge in [-0.2, -0.15) is 0 Å². The first-order valence-electron chi connectivity index (χ1n) is 7.73. The number of hydrogen-bond acceptors (Lipinski definition) is 4. The number of aryl methyl sites for hydroxylation is 1. The van der Waals surface area contributed by atoms with Crippen molar-refractivity contribution in [1.82, 2.24) is 10.3 Å². The molecule has 0 unspecified atom stereocenters. The standard InChI is InChI=1S/C18H19N3O3/c1-12-19-16-8-7-14(10-17(16)24-12)20-18(23)21-15(11-22)9-13-5-3-2-4-6-13/h2-8,10,15,22H,9,11H2,1H3,(H2,20,21,23)/t15-/m1/s1. The summed E-state index contributed by atoms with van der Waals surface area (Å²) in [7, 11) is 0. The van der Waals surface area contributed by atoms with Gasteiger partial charge in [0.15, 0.2) is 11.5 Å². The molecule has 3 N–H and O–H groups in total. The third kappa shape index (κ3) is 3.91. The molecule has 0 aliphatic heterocycles. The zero-order valence-corrected chi connectivity index (χ0v) is 13.3. The molecule has 0 aliphatic carbocycles. The number of oxazole rings is 1. The van der Waals surface area contributed by atoms with Crippen molar-refractivity contribution >= 4 is 22.8 Å². The van der Waals surface area contributed by atoms with Crippen molar-refractivity contribution in [2.75, 3.05) is 11.9 Å². The van der Waals surface area contributed by atoms with E-state index in [2.05, 4.69) is 15.6 Å². The van der Waals surface area contributed by atoms with Gasteiger partial charge < -0.3 is 20.2 Å². The molecule has 2 amide bonds. The number of aromatic nitrogens is 1. The van der Waals surface area contributed by atoms with E-state index in [0.717, 1.165) is 11.1 Å². The summed E-state index contributed by atoms with van der Waals surface area (Å²) in [5.41, 5.74) is 3.02. The second-order valence-corrected chi connectivity index (χ2v) is 5.58. The van der Waals surface area contributed by atoms with Crippen molar-refractivity contribution in [2.24, 2.45) is 0 Å². The Bertz CT molecular complexity index is 830. The topological polar surface area (TPSA) is 87.4 Å². The molecule has 1 atom stereocenters. The van der Waals surface area contributed by atoms with Gasteiger partial charge in [0.25, 0.3) is 0 Å². The molecule has 0 saturated carbocycles. The highest BCUT2D eigenvalue weighted by atomic mass is 16.3. The van der Waals surface area contributed by atoms with Crippen LogP contribution in [0.1, 0.15) is 11.5 Å². The quantitative estimate of drug-likeness (QED) is 0.673. The SMILES string of the molecule is Cc1nc2ccc(NC(=O)N[C@@H](CO)Cc3ccccc3)cc2o1. The second kappa shape index (κ2) is 7.14. The highest BCUT2D eigenvalue weighted by Gasteiger charge is 2.13. The molecule has 0 fully saturated rings. The van der Waals surface area contributed by atoms with Gasteiger partial charge in [-0.1, -0.05) is 30.3 Å². The van der Waals surface area contributed by atoms with Crippen LogP contribution in [0.4, 0.5) is 10.5 Å². The lowest BCUT2D eigenvalue weighted by Gasteiger charge is -2.17. The van der Waals surface area contributed by atoms with Crippen LogP contribution in [0.2, 0.25) is 0 Å². The summed E-state index contributed by atoms with van der Waals surface area (Å²) in [5, 5.41) is 15.0. The molecule has 0 bridgehead atoms. The summed E-state index contributed by atoms with van der Waals surface area (Å²) < 4.78 is 5.45. The van der Waals surface area contributed by atoms with E-state index in [1.807, 2.05) is 30.3 Å². The van der Waals surface area contributed by atoms with Crippen molar-refractivity contribution < 1.29 is 14.3 Å². The maximum Gasteiger partial charge on any atom is 0.319 e. The van der Waals surface area contributed by atoms with Gasteiger partial charge in [0.05, 0.1) is 12.6 Å². The molecule has 0 aliphatic rings. The highest BCUT2D eigenvalue weighted by Crippen LogP contribution is 2.19. The Morgan fingerprint density at radius 3 is 2.79 bits per heavy atom. The lowest BCUT2D eigenvalue weighted by Crippen LogP contribution is -2.41. The number of fused-ring (bicyclic) bond motifs is 1. The Balaban J connectivity index is 1.62. The minimum atomic E-state index is -0.374. The number of benzene rings is 2. The number of nitrogens with zero attached hydrogens (tertiary/aromatic N) is 1. The monoisotopic (exact) mass is 325 g/mol. The minimum absolute atomic E-state index is 0.136. The predicted molar refractivity (Wildman–Crippen MR) is 91.9 cm³/mol. The molecule has 0 spiro atoms. The predicted octanol–water partition coefficient (Wildman–Crippen LogP) is 2.86. The van der Waals surface area contributed by atoms with E-state index in [4.69, 9.17) is 4.42 Å². The molecule has 1 heterocycles. The fourth-order valence-corrected chi connectivity index (χ4v) is 2.53. The number of nitrogens with one attached hydrogen (secondary N) is 2. The van der Waals surface area contributed by atoms with Crippen LogP contribution >= 0.6 is 0 Å². The molecule has 24 heavy (non-hydrogen) atoms. The van der Waals surface area contributed by atoms with Gasteiger partial charge in [0, 0.05) is 18.7 Å². The Hall–Kier alpha value is -2.86. The number of anilines is 1. The number of rotatable bonds is 5. The molecule has 1 aromatic heterocycles. The molecule has 3 aromatic rings. The summed E-state index contributed by atoms with van der Waals surface area (Å²) in [6.07, 6.45) is 0.561. The minimum Gasteiger partial charge on any atom is -0.441 e. The van der Waals surface area contributed by atoms with E-state index in [0.29, 0.717) is 23.6 Å². The third-order valence-electron chi connectivity index (χ3n) is 3.63. The third-order valence-corrected chi connectivity index (χ3v) is 3.63. The molecule has 6 nitrogen and oxygen atoms in total. The van der Waals surface area contributed by atoms with Gasteiger partial charge in [0.1, 0.15) is 5.52 Å². The van der Waals surface area contributed by atoms with E-state index < -0.39 is 0 Å². The number of carbonyl (C=O) groups excluding carboxylic acids is 1. The molecular formula is C18H19N3O3. The van der Waals surface area contributed by atoms with Crippen LogP contribution in [0.3, 0.4) is 0 Å². The fraction of sp³-hybridized carbons (Fsp3) is 0.222. The molecule has 6 heteroatoms. The van der Waals surface area contributed by atoms with Crippen LogP contribution in [0.15, 0.2) is 52.9 Å².